The fraction of sp³-hybridized carbons (Fsp3) is 0.733. The maximum atomic E-state index is 12.8. The van der Waals surface area contributed by atoms with Crippen molar-refractivity contribution < 1.29 is 8.42 Å². The van der Waals surface area contributed by atoms with Crippen molar-refractivity contribution in [1.82, 2.24) is 14.6 Å². The molecule has 0 aromatic carbocycles. The summed E-state index contributed by atoms with van der Waals surface area (Å²) < 4.78 is 27.2. The average molecular weight is 313 g/mol. The SMILES string of the molecule is CCCNCc1cc(S(=O)(=O)N2CCCCCC2C)c[nH]1. The van der Waals surface area contributed by atoms with E-state index in [0.29, 0.717) is 18.0 Å². The van der Waals surface area contributed by atoms with E-state index < -0.39 is 10.0 Å². The van der Waals surface area contributed by atoms with Gasteiger partial charge in [-0.1, -0.05) is 19.8 Å². The molecule has 0 bridgehead atoms. The highest BCUT2D eigenvalue weighted by molar-refractivity contribution is 7.89. The Hall–Kier alpha value is -0.850. The molecule has 1 unspecified atom stereocenters. The zero-order valence-corrected chi connectivity index (χ0v) is 13.9. The maximum absolute atomic E-state index is 12.8. The lowest BCUT2D eigenvalue weighted by Gasteiger charge is -2.25. The number of aromatic nitrogens is 1. The molecule has 2 heterocycles. The second-order valence-electron chi connectivity index (χ2n) is 5.85. The number of sulfonamides is 1. The van der Waals surface area contributed by atoms with E-state index in [-0.39, 0.29) is 6.04 Å². The fourth-order valence-electron chi connectivity index (χ4n) is 2.81. The molecule has 21 heavy (non-hydrogen) atoms. The highest BCUT2D eigenvalue weighted by Crippen LogP contribution is 2.24. The van der Waals surface area contributed by atoms with Gasteiger partial charge in [0.1, 0.15) is 0 Å². The molecule has 1 aliphatic rings. The summed E-state index contributed by atoms with van der Waals surface area (Å²) in [6, 6.07) is 1.85. The average Bonchev–Trinajstić information content (AvgIpc) is 2.82. The Bertz CT molecular complexity index is 539. The van der Waals surface area contributed by atoms with Crippen molar-refractivity contribution in [2.45, 2.75) is 63.4 Å². The lowest BCUT2D eigenvalue weighted by Crippen LogP contribution is -2.38. The van der Waals surface area contributed by atoms with E-state index in [1.54, 1.807) is 16.6 Å². The standard InChI is InChI=1S/C15H27N3O2S/c1-3-8-16-11-14-10-15(12-17-14)21(19,20)18-9-6-4-5-7-13(18)2/h10,12-13,16-17H,3-9,11H2,1-2H3. The smallest absolute Gasteiger partial charge is 0.244 e. The van der Waals surface area contributed by atoms with Crippen LogP contribution < -0.4 is 5.32 Å². The van der Waals surface area contributed by atoms with Crippen LogP contribution in [0.15, 0.2) is 17.2 Å². The molecule has 0 amide bonds. The van der Waals surface area contributed by atoms with Gasteiger partial charge in [0.15, 0.2) is 0 Å². The van der Waals surface area contributed by atoms with Crippen LogP contribution in [0.2, 0.25) is 0 Å². The molecule has 2 N–H and O–H groups in total. The molecule has 1 aliphatic heterocycles. The van der Waals surface area contributed by atoms with Gasteiger partial charge in [-0.25, -0.2) is 8.42 Å². The van der Waals surface area contributed by atoms with Gasteiger partial charge < -0.3 is 10.3 Å². The Morgan fingerprint density at radius 2 is 2.19 bits per heavy atom. The first-order valence-electron chi connectivity index (χ1n) is 7.95. The zero-order valence-electron chi connectivity index (χ0n) is 13.1. The van der Waals surface area contributed by atoms with Crippen LogP contribution in [0.5, 0.6) is 0 Å². The minimum atomic E-state index is -3.37. The Morgan fingerprint density at radius 3 is 2.95 bits per heavy atom. The first kappa shape index (κ1) is 16.5. The van der Waals surface area contributed by atoms with Crippen molar-refractivity contribution >= 4 is 10.0 Å². The molecule has 1 aromatic heterocycles. The minimum absolute atomic E-state index is 0.0917. The first-order valence-corrected chi connectivity index (χ1v) is 9.39. The Balaban J connectivity index is 2.11. The Labute approximate surface area is 128 Å². The fourth-order valence-corrected chi connectivity index (χ4v) is 4.53. The maximum Gasteiger partial charge on any atom is 0.244 e. The van der Waals surface area contributed by atoms with Gasteiger partial charge in [0.2, 0.25) is 10.0 Å². The van der Waals surface area contributed by atoms with E-state index in [4.69, 9.17) is 0 Å². The summed E-state index contributed by atoms with van der Waals surface area (Å²) in [7, 11) is -3.37. The van der Waals surface area contributed by atoms with E-state index in [0.717, 1.165) is 44.3 Å². The molecular weight excluding hydrogens is 286 g/mol. The van der Waals surface area contributed by atoms with Crippen molar-refractivity contribution in [3.8, 4) is 0 Å². The van der Waals surface area contributed by atoms with Gasteiger partial charge >= 0.3 is 0 Å². The molecular formula is C15H27N3O2S. The summed E-state index contributed by atoms with van der Waals surface area (Å²) in [4.78, 5) is 3.47. The summed E-state index contributed by atoms with van der Waals surface area (Å²) in [6.07, 6.45) is 6.84. The van der Waals surface area contributed by atoms with E-state index in [2.05, 4.69) is 17.2 Å². The molecule has 0 saturated carbocycles. The highest BCUT2D eigenvalue weighted by Gasteiger charge is 2.30. The van der Waals surface area contributed by atoms with Gasteiger partial charge in [0.05, 0.1) is 4.90 Å². The third-order valence-corrected chi connectivity index (χ3v) is 6.05. The predicted octanol–water partition coefficient (Wildman–Crippen LogP) is 2.47. The van der Waals surface area contributed by atoms with E-state index in [9.17, 15) is 8.42 Å². The van der Waals surface area contributed by atoms with Gasteiger partial charge in [0.25, 0.3) is 0 Å². The number of rotatable bonds is 6. The molecule has 6 heteroatoms. The summed E-state index contributed by atoms with van der Waals surface area (Å²) in [5.74, 6) is 0. The van der Waals surface area contributed by atoms with Crippen molar-refractivity contribution in [3.63, 3.8) is 0 Å². The van der Waals surface area contributed by atoms with E-state index in [1.165, 1.54) is 0 Å². The number of H-pyrrole nitrogens is 1. The summed E-state index contributed by atoms with van der Waals surface area (Å²) >= 11 is 0. The summed E-state index contributed by atoms with van der Waals surface area (Å²) in [6.45, 7) is 6.37. The van der Waals surface area contributed by atoms with Crippen molar-refractivity contribution in [3.05, 3.63) is 18.0 Å². The van der Waals surface area contributed by atoms with Crippen LogP contribution >= 0.6 is 0 Å². The monoisotopic (exact) mass is 313 g/mol. The van der Waals surface area contributed by atoms with Crippen molar-refractivity contribution in [2.24, 2.45) is 0 Å². The number of nitrogens with one attached hydrogen (secondary N) is 2. The number of hydrogen-bond donors (Lipinski definition) is 2. The van der Waals surface area contributed by atoms with Crippen LogP contribution in [0, 0.1) is 0 Å². The third-order valence-electron chi connectivity index (χ3n) is 4.06. The zero-order chi connectivity index (χ0) is 15.3. The molecule has 0 radical (unpaired) electrons. The van der Waals surface area contributed by atoms with Crippen LogP contribution in [0.25, 0.3) is 0 Å². The van der Waals surface area contributed by atoms with Crippen LogP contribution in [0.3, 0.4) is 0 Å². The minimum Gasteiger partial charge on any atom is -0.363 e. The third kappa shape index (κ3) is 4.08. The summed E-state index contributed by atoms with van der Waals surface area (Å²) in [5, 5.41) is 3.27. The molecule has 0 spiro atoms. The van der Waals surface area contributed by atoms with Crippen LogP contribution in [-0.4, -0.2) is 36.8 Å². The summed E-state index contributed by atoms with van der Waals surface area (Å²) in [5.41, 5.74) is 0.921. The molecule has 0 aliphatic carbocycles. The first-order chi connectivity index (χ1) is 10.1. The molecule has 5 nitrogen and oxygen atoms in total. The number of hydrogen-bond acceptors (Lipinski definition) is 3. The lowest BCUT2D eigenvalue weighted by molar-refractivity contribution is 0.342. The largest absolute Gasteiger partial charge is 0.363 e. The Kier molecular flexibility index (Phi) is 5.84. The number of aromatic amines is 1. The number of nitrogens with zero attached hydrogens (tertiary/aromatic N) is 1. The Morgan fingerprint density at radius 1 is 1.38 bits per heavy atom. The predicted molar refractivity (Wildman–Crippen MR) is 84.6 cm³/mol. The van der Waals surface area contributed by atoms with Gasteiger partial charge in [-0.15, -0.1) is 0 Å². The van der Waals surface area contributed by atoms with Crippen molar-refractivity contribution in [2.75, 3.05) is 13.1 Å². The van der Waals surface area contributed by atoms with Gasteiger partial charge in [-0.2, -0.15) is 4.31 Å². The highest BCUT2D eigenvalue weighted by atomic mass is 32.2. The molecule has 1 fully saturated rings. The topological polar surface area (TPSA) is 65.2 Å². The van der Waals surface area contributed by atoms with Gasteiger partial charge in [-0.3, -0.25) is 0 Å². The van der Waals surface area contributed by atoms with Crippen molar-refractivity contribution in [1.29, 1.82) is 0 Å². The normalized spacial score (nSPS) is 21.3. The molecule has 1 atom stereocenters. The van der Waals surface area contributed by atoms with E-state index in [1.807, 2.05) is 6.92 Å². The van der Waals surface area contributed by atoms with Crippen LogP contribution in [0.4, 0.5) is 0 Å². The van der Waals surface area contributed by atoms with Crippen LogP contribution in [0.1, 0.15) is 51.6 Å². The molecule has 1 aromatic rings. The quantitative estimate of drug-likeness (QED) is 0.793. The van der Waals surface area contributed by atoms with E-state index >= 15 is 0 Å². The second-order valence-corrected chi connectivity index (χ2v) is 7.74. The molecule has 2 rings (SSSR count). The van der Waals surface area contributed by atoms with Gasteiger partial charge in [0, 0.05) is 31.0 Å². The van der Waals surface area contributed by atoms with Crippen LogP contribution in [-0.2, 0) is 16.6 Å². The lowest BCUT2D eigenvalue weighted by atomic mass is 10.1. The van der Waals surface area contributed by atoms with Gasteiger partial charge in [-0.05, 0) is 38.8 Å². The molecule has 120 valence electrons. The second kappa shape index (κ2) is 7.42. The molecule has 1 saturated heterocycles.